The zero-order valence-corrected chi connectivity index (χ0v) is 11.9. The SMILES string of the molecule is O=C(C1CCC1)N1CCN(c2ccccc2[N+](=O)[O-])CC1. The third-order valence-corrected chi connectivity index (χ3v) is 4.46. The van der Waals surface area contributed by atoms with Crippen LogP contribution in [0.5, 0.6) is 0 Å². The van der Waals surface area contributed by atoms with Crippen molar-refractivity contribution >= 4 is 17.3 Å². The molecule has 0 unspecified atom stereocenters. The van der Waals surface area contributed by atoms with E-state index in [9.17, 15) is 14.9 Å². The normalized spacial score (nSPS) is 19.2. The number of rotatable bonds is 3. The van der Waals surface area contributed by atoms with Crippen molar-refractivity contribution in [3.63, 3.8) is 0 Å². The summed E-state index contributed by atoms with van der Waals surface area (Å²) in [6.07, 6.45) is 3.19. The van der Waals surface area contributed by atoms with Crippen LogP contribution in [-0.2, 0) is 4.79 Å². The number of nitro benzene ring substituents is 1. The van der Waals surface area contributed by atoms with Crippen LogP contribution in [0.3, 0.4) is 0 Å². The second-order valence-corrected chi connectivity index (χ2v) is 5.69. The molecule has 112 valence electrons. The quantitative estimate of drug-likeness (QED) is 0.631. The molecule has 1 saturated carbocycles. The number of hydrogen-bond donors (Lipinski definition) is 0. The van der Waals surface area contributed by atoms with E-state index in [0.29, 0.717) is 31.9 Å². The maximum absolute atomic E-state index is 12.2. The number of piperazine rings is 1. The molecule has 2 fully saturated rings. The Morgan fingerprint density at radius 1 is 1.14 bits per heavy atom. The highest BCUT2D eigenvalue weighted by Crippen LogP contribution is 2.31. The lowest BCUT2D eigenvalue weighted by Crippen LogP contribution is -2.51. The summed E-state index contributed by atoms with van der Waals surface area (Å²) in [7, 11) is 0. The van der Waals surface area contributed by atoms with E-state index in [-0.39, 0.29) is 22.4 Å². The lowest BCUT2D eigenvalue weighted by molar-refractivity contribution is -0.384. The average molecular weight is 289 g/mol. The van der Waals surface area contributed by atoms with E-state index < -0.39 is 0 Å². The van der Waals surface area contributed by atoms with Crippen LogP contribution in [0.2, 0.25) is 0 Å². The van der Waals surface area contributed by atoms with Gasteiger partial charge in [-0.05, 0) is 18.9 Å². The minimum Gasteiger partial charge on any atom is -0.362 e. The van der Waals surface area contributed by atoms with Gasteiger partial charge in [-0.3, -0.25) is 14.9 Å². The molecule has 2 aliphatic rings. The predicted octanol–water partition coefficient (Wildman–Crippen LogP) is 2.04. The highest BCUT2D eigenvalue weighted by atomic mass is 16.6. The molecule has 1 heterocycles. The molecule has 21 heavy (non-hydrogen) atoms. The van der Waals surface area contributed by atoms with Crippen LogP contribution < -0.4 is 4.90 Å². The molecule has 6 nitrogen and oxygen atoms in total. The maximum atomic E-state index is 12.2. The molecule has 3 rings (SSSR count). The van der Waals surface area contributed by atoms with Crippen molar-refractivity contribution in [2.24, 2.45) is 5.92 Å². The molecule has 0 radical (unpaired) electrons. The van der Waals surface area contributed by atoms with E-state index in [1.54, 1.807) is 12.1 Å². The molecule has 1 aromatic rings. The van der Waals surface area contributed by atoms with Gasteiger partial charge in [-0.25, -0.2) is 0 Å². The monoisotopic (exact) mass is 289 g/mol. The summed E-state index contributed by atoms with van der Waals surface area (Å²) in [4.78, 5) is 26.9. The van der Waals surface area contributed by atoms with E-state index in [4.69, 9.17) is 0 Å². The van der Waals surface area contributed by atoms with Crippen LogP contribution in [0.15, 0.2) is 24.3 Å². The van der Waals surface area contributed by atoms with Gasteiger partial charge < -0.3 is 9.80 Å². The van der Waals surface area contributed by atoms with Crippen molar-refractivity contribution < 1.29 is 9.72 Å². The summed E-state index contributed by atoms with van der Waals surface area (Å²) < 4.78 is 0. The lowest BCUT2D eigenvalue weighted by Gasteiger charge is -2.38. The van der Waals surface area contributed by atoms with Gasteiger partial charge in [-0.2, -0.15) is 0 Å². The third-order valence-electron chi connectivity index (χ3n) is 4.46. The van der Waals surface area contributed by atoms with Crippen LogP contribution in [0.1, 0.15) is 19.3 Å². The number of carbonyl (C=O) groups is 1. The van der Waals surface area contributed by atoms with Crippen molar-refractivity contribution in [3.8, 4) is 0 Å². The minimum atomic E-state index is -0.346. The van der Waals surface area contributed by atoms with Gasteiger partial charge in [0.1, 0.15) is 5.69 Å². The average Bonchev–Trinajstić information content (AvgIpc) is 2.45. The first-order chi connectivity index (χ1) is 10.2. The molecule has 1 aliphatic carbocycles. The molecule has 1 amide bonds. The molecule has 0 bridgehead atoms. The fraction of sp³-hybridized carbons (Fsp3) is 0.533. The van der Waals surface area contributed by atoms with Gasteiger partial charge in [0.25, 0.3) is 5.69 Å². The van der Waals surface area contributed by atoms with E-state index in [0.717, 1.165) is 19.3 Å². The molecule has 0 atom stereocenters. The summed E-state index contributed by atoms with van der Waals surface area (Å²) in [5.41, 5.74) is 0.787. The second kappa shape index (κ2) is 5.71. The number of benzene rings is 1. The first-order valence-electron chi connectivity index (χ1n) is 7.44. The number of amides is 1. The predicted molar refractivity (Wildman–Crippen MR) is 79.2 cm³/mol. The smallest absolute Gasteiger partial charge is 0.292 e. The topological polar surface area (TPSA) is 66.7 Å². The zero-order chi connectivity index (χ0) is 14.8. The van der Waals surface area contributed by atoms with Crippen molar-refractivity contribution in [2.45, 2.75) is 19.3 Å². The van der Waals surface area contributed by atoms with Gasteiger partial charge in [0.15, 0.2) is 0 Å². The summed E-state index contributed by atoms with van der Waals surface area (Å²) in [5, 5.41) is 11.1. The van der Waals surface area contributed by atoms with Crippen LogP contribution in [0.4, 0.5) is 11.4 Å². The number of carbonyl (C=O) groups excluding carboxylic acids is 1. The first kappa shape index (κ1) is 13.9. The molecule has 1 saturated heterocycles. The van der Waals surface area contributed by atoms with E-state index in [2.05, 4.69) is 0 Å². The van der Waals surface area contributed by atoms with Crippen LogP contribution in [0.25, 0.3) is 0 Å². The standard InChI is InChI=1S/C15H19N3O3/c19-15(12-4-3-5-12)17-10-8-16(9-11-17)13-6-1-2-7-14(13)18(20)21/h1-2,6-7,12H,3-5,8-11H2. The highest BCUT2D eigenvalue weighted by molar-refractivity contribution is 5.80. The highest BCUT2D eigenvalue weighted by Gasteiger charge is 2.32. The molecule has 0 aromatic heterocycles. The third kappa shape index (κ3) is 2.70. The number of hydrogen-bond acceptors (Lipinski definition) is 4. The molecular weight excluding hydrogens is 270 g/mol. The Morgan fingerprint density at radius 2 is 1.81 bits per heavy atom. The fourth-order valence-corrected chi connectivity index (χ4v) is 2.97. The molecule has 1 aliphatic heterocycles. The molecular formula is C15H19N3O3. The summed E-state index contributed by atoms with van der Waals surface area (Å²) in [6, 6.07) is 6.80. The summed E-state index contributed by atoms with van der Waals surface area (Å²) >= 11 is 0. The van der Waals surface area contributed by atoms with Crippen LogP contribution >= 0.6 is 0 Å². The van der Waals surface area contributed by atoms with Crippen molar-refractivity contribution in [2.75, 3.05) is 31.1 Å². The largest absolute Gasteiger partial charge is 0.362 e. The van der Waals surface area contributed by atoms with E-state index in [1.165, 1.54) is 6.07 Å². The first-order valence-corrected chi connectivity index (χ1v) is 7.44. The van der Waals surface area contributed by atoms with Crippen LogP contribution in [-0.4, -0.2) is 41.9 Å². The maximum Gasteiger partial charge on any atom is 0.292 e. The summed E-state index contributed by atoms with van der Waals surface area (Å²) in [6.45, 7) is 2.62. The van der Waals surface area contributed by atoms with Gasteiger partial charge in [-0.15, -0.1) is 0 Å². The van der Waals surface area contributed by atoms with E-state index >= 15 is 0 Å². The van der Waals surface area contributed by atoms with Gasteiger partial charge in [0, 0.05) is 38.2 Å². The Morgan fingerprint density at radius 3 is 2.38 bits per heavy atom. The van der Waals surface area contributed by atoms with Gasteiger partial charge in [0.2, 0.25) is 5.91 Å². The van der Waals surface area contributed by atoms with Crippen molar-refractivity contribution in [3.05, 3.63) is 34.4 Å². The minimum absolute atomic E-state index is 0.135. The van der Waals surface area contributed by atoms with Crippen LogP contribution in [0, 0.1) is 16.0 Å². The Kier molecular flexibility index (Phi) is 3.77. The molecule has 1 aromatic carbocycles. The Labute approximate surface area is 123 Å². The fourth-order valence-electron chi connectivity index (χ4n) is 2.97. The van der Waals surface area contributed by atoms with Gasteiger partial charge in [-0.1, -0.05) is 18.6 Å². The van der Waals surface area contributed by atoms with Crippen molar-refractivity contribution in [1.29, 1.82) is 0 Å². The number of para-hydroxylation sites is 2. The molecule has 6 heteroatoms. The Hall–Kier alpha value is -2.11. The number of nitrogens with zero attached hydrogens (tertiary/aromatic N) is 3. The molecule has 0 spiro atoms. The Balaban J connectivity index is 1.66. The van der Waals surface area contributed by atoms with Gasteiger partial charge >= 0.3 is 0 Å². The molecule has 0 N–H and O–H groups in total. The van der Waals surface area contributed by atoms with E-state index in [1.807, 2.05) is 15.9 Å². The lowest BCUT2D eigenvalue weighted by atomic mass is 9.84. The zero-order valence-electron chi connectivity index (χ0n) is 11.9. The Bertz CT molecular complexity index is 549. The second-order valence-electron chi connectivity index (χ2n) is 5.69. The number of anilines is 1. The summed E-state index contributed by atoms with van der Waals surface area (Å²) in [5.74, 6) is 0.492. The van der Waals surface area contributed by atoms with Gasteiger partial charge in [0.05, 0.1) is 4.92 Å². The number of nitro groups is 1. The van der Waals surface area contributed by atoms with Crippen molar-refractivity contribution in [1.82, 2.24) is 4.90 Å².